The molecule has 250 valence electrons. The predicted octanol–water partition coefficient (Wildman–Crippen LogP) is 8.25. The maximum Gasteiger partial charge on any atom is 0.483 e. The van der Waals surface area contributed by atoms with E-state index in [1.807, 2.05) is 4.74 Å². The zero-order valence-electron chi connectivity index (χ0n) is 23.1. The fraction of sp³-hybridized carbons (Fsp3) is 0.615. The Morgan fingerprint density at radius 2 is 1.20 bits per heavy atom. The maximum absolute atomic E-state index is 13.6. The van der Waals surface area contributed by atoms with Gasteiger partial charge in [-0.05, 0) is 43.5 Å². The molecule has 0 spiro atoms. The van der Waals surface area contributed by atoms with Crippen molar-refractivity contribution in [2.45, 2.75) is 76.1 Å². The van der Waals surface area contributed by atoms with E-state index in [9.17, 15) is 48.3 Å². The molecule has 0 saturated carbocycles. The van der Waals surface area contributed by atoms with Crippen molar-refractivity contribution < 1.29 is 72.0 Å². The highest BCUT2D eigenvalue weighted by Crippen LogP contribution is 2.47. The van der Waals surface area contributed by atoms with Gasteiger partial charge >= 0.3 is 30.6 Å². The van der Waals surface area contributed by atoms with Crippen LogP contribution in [0.2, 0.25) is 0 Å². The van der Waals surface area contributed by atoms with Crippen molar-refractivity contribution in [3.8, 4) is 22.9 Å². The quantitative estimate of drug-likeness (QED) is 0.105. The molecule has 0 aliphatic carbocycles. The van der Waals surface area contributed by atoms with Crippen LogP contribution in [0.5, 0.6) is 11.5 Å². The molecule has 0 saturated heterocycles. The molecule has 1 heterocycles. The summed E-state index contributed by atoms with van der Waals surface area (Å²) in [6.45, 7) is -0.125. The number of alkyl halides is 11. The first kappa shape index (κ1) is 37.2. The van der Waals surface area contributed by atoms with Crippen LogP contribution >= 0.6 is 0 Å². The highest BCUT2D eigenvalue weighted by atomic mass is 19.4. The summed E-state index contributed by atoms with van der Waals surface area (Å²) in [6, 6.07) is 6.64. The van der Waals surface area contributed by atoms with E-state index in [-0.39, 0.29) is 19.4 Å². The molecular weight excluding hydrogens is 629 g/mol. The molecular formula is C26H29F11N2O5. The van der Waals surface area contributed by atoms with Crippen molar-refractivity contribution in [1.29, 1.82) is 0 Å². The summed E-state index contributed by atoms with van der Waals surface area (Å²) in [4.78, 5) is 8.35. The summed E-state index contributed by atoms with van der Waals surface area (Å²) in [5.74, 6) is 1.19. The highest BCUT2D eigenvalue weighted by Gasteiger charge is 2.72. The Morgan fingerprint density at radius 3 is 1.82 bits per heavy atom. The van der Waals surface area contributed by atoms with Gasteiger partial charge in [0.05, 0.1) is 13.2 Å². The summed E-state index contributed by atoms with van der Waals surface area (Å²) in [6.07, 6.45) is -25.1. The van der Waals surface area contributed by atoms with Crippen LogP contribution < -0.4 is 9.47 Å². The third-order valence-corrected chi connectivity index (χ3v) is 5.44. The van der Waals surface area contributed by atoms with Gasteiger partial charge in [-0.25, -0.2) is 19.4 Å². The monoisotopic (exact) mass is 658 g/mol. The second-order valence-electron chi connectivity index (χ2n) is 9.14. The lowest BCUT2D eigenvalue weighted by Gasteiger charge is -2.31. The minimum absolute atomic E-state index is 0.00725. The Bertz CT molecular complexity index is 1140. The summed E-state index contributed by atoms with van der Waals surface area (Å²) < 4.78 is 162. The van der Waals surface area contributed by atoms with Crippen LogP contribution in [0.3, 0.4) is 0 Å². The van der Waals surface area contributed by atoms with Crippen LogP contribution in [0.25, 0.3) is 11.4 Å². The number of nitrogens with zero attached hydrogens (tertiary/aromatic N) is 2. The SMILES string of the molecule is CCCCCCOc1cc(-c2ncccn2)ccc1OCCCCOCC(F)(F)OC(F)(F)C(F)(F)OC(F)(F)C(F)(F)F. The average molecular weight is 659 g/mol. The number of ether oxygens (including phenoxy) is 5. The van der Waals surface area contributed by atoms with Gasteiger partial charge in [-0.2, -0.15) is 48.3 Å². The first-order valence-corrected chi connectivity index (χ1v) is 13.1. The maximum atomic E-state index is 13.6. The Hall–Kier alpha value is -2.99. The van der Waals surface area contributed by atoms with E-state index in [1.54, 1.807) is 36.7 Å². The van der Waals surface area contributed by atoms with Crippen LogP contribution in [0.4, 0.5) is 48.3 Å². The van der Waals surface area contributed by atoms with Gasteiger partial charge in [0.1, 0.15) is 6.61 Å². The Balaban J connectivity index is 1.84. The van der Waals surface area contributed by atoms with Crippen molar-refractivity contribution in [2.75, 3.05) is 26.4 Å². The van der Waals surface area contributed by atoms with Crippen molar-refractivity contribution in [3.05, 3.63) is 36.7 Å². The van der Waals surface area contributed by atoms with Crippen molar-refractivity contribution in [3.63, 3.8) is 0 Å². The van der Waals surface area contributed by atoms with Gasteiger partial charge in [-0.3, -0.25) is 0 Å². The number of rotatable bonds is 20. The number of benzene rings is 1. The van der Waals surface area contributed by atoms with Gasteiger partial charge < -0.3 is 14.2 Å². The van der Waals surface area contributed by atoms with Crippen molar-refractivity contribution in [1.82, 2.24) is 9.97 Å². The molecule has 0 bridgehead atoms. The lowest BCUT2D eigenvalue weighted by Crippen LogP contribution is -2.55. The second-order valence-corrected chi connectivity index (χ2v) is 9.14. The molecule has 1 aromatic heterocycles. The zero-order valence-corrected chi connectivity index (χ0v) is 23.1. The average Bonchev–Trinajstić information content (AvgIpc) is 2.91. The molecule has 0 unspecified atom stereocenters. The molecule has 0 fully saturated rings. The third kappa shape index (κ3) is 11.5. The van der Waals surface area contributed by atoms with Gasteiger partial charge in [0, 0.05) is 24.6 Å². The van der Waals surface area contributed by atoms with E-state index in [1.165, 1.54) is 0 Å². The van der Waals surface area contributed by atoms with Crippen LogP contribution in [-0.4, -0.2) is 67.0 Å². The summed E-state index contributed by atoms with van der Waals surface area (Å²) >= 11 is 0. The van der Waals surface area contributed by atoms with E-state index in [0.29, 0.717) is 29.5 Å². The van der Waals surface area contributed by atoms with Crippen molar-refractivity contribution in [2.24, 2.45) is 0 Å². The molecule has 0 amide bonds. The normalized spacial score (nSPS) is 13.3. The van der Waals surface area contributed by atoms with Crippen molar-refractivity contribution >= 4 is 0 Å². The molecule has 0 aliphatic heterocycles. The molecule has 0 N–H and O–H groups in total. The van der Waals surface area contributed by atoms with E-state index in [4.69, 9.17) is 9.47 Å². The minimum atomic E-state index is -6.84. The Kier molecular flexibility index (Phi) is 13.4. The second kappa shape index (κ2) is 15.8. The van der Waals surface area contributed by atoms with Gasteiger partial charge in [0.2, 0.25) is 0 Å². The van der Waals surface area contributed by atoms with E-state index in [2.05, 4.69) is 26.4 Å². The summed E-state index contributed by atoms with van der Waals surface area (Å²) in [7, 11) is 0. The van der Waals surface area contributed by atoms with E-state index < -0.39 is 43.8 Å². The molecule has 18 heteroatoms. The Morgan fingerprint density at radius 1 is 0.636 bits per heavy atom. The molecule has 0 radical (unpaired) electrons. The van der Waals surface area contributed by atoms with Gasteiger partial charge in [-0.15, -0.1) is 0 Å². The lowest BCUT2D eigenvalue weighted by molar-refractivity contribution is -0.537. The van der Waals surface area contributed by atoms with Crippen LogP contribution in [0.15, 0.2) is 36.7 Å². The molecule has 1 aromatic carbocycles. The number of aromatic nitrogens is 2. The van der Waals surface area contributed by atoms with Gasteiger partial charge in [0.15, 0.2) is 17.3 Å². The fourth-order valence-corrected chi connectivity index (χ4v) is 3.27. The predicted molar refractivity (Wildman–Crippen MR) is 131 cm³/mol. The molecule has 7 nitrogen and oxygen atoms in total. The summed E-state index contributed by atoms with van der Waals surface area (Å²) in [5, 5.41) is 0. The number of hydrogen-bond acceptors (Lipinski definition) is 7. The smallest absolute Gasteiger partial charge is 0.483 e. The molecule has 2 rings (SSSR count). The first-order valence-electron chi connectivity index (χ1n) is 13.1. The number of halogens is 11. The molecule has 0 aliphatic rings. The standard InChI is InChI=1S/C26H29F11N2O5/c1-2-3-4-5-14-42-20-16-18(21-38-11-8-12-39-21)9-10-19(20)41-15-7-6-13-40-17-22(27,28)43-25(34,35)26(36,37)44-24(32,33)23(29,30)31/h8-12,16H,2-7,13-15,17H2,1H3. The highest BCUT2D eigenvalue weighted by molar-refractivity contribution is 5.60. The largest absolute Gasteiger partial charge is 0.490 e. The zero-order chi connectivity index (χ0) is 33.1. The third-order valence-electron chi connectivity index (χ3n) is 5.44. The first-order chi connectivity index (χ1) is 20.4. The molecule has 0 atom stereocenters. The van der Waals surface area contributed by atoms with Gasteiger partial charge in [-0.1, -0.05) is 26.2 Å². The van der Waals surface area contributed by atoms with Crippen LogP contribution in [0.1, 0.15) is 45.4 Å². The Labute approximate surface area is 244 Å². The lowest BCUT2D eigenvalue weighted by atomic mass is 10.2. The topological polar surface area (TPSA) is 71.9 Å². The molecule has 44 heavy (non-hydrogen) atoms. The number of unbranched alkanes of at least 4 members (excludes halogenated alkanes) is 4. The summed E-state index contributed by atoms with van der Waals surface area (Å²) in [5.41, 5.74) is 0.655. The van der Waals surface area contributed by atoms with E-state index in [0.717, 1.165) is 25.7 Å². The molecule has 2 aromatic rings. The van der Waals surface area contributed by atoms with Crippen LogP contribution in [0, 0.1) is 0 Å². The minimum Gasteiger partial charge on any atom is -0.490 e. The fourth-order valence-electron chi connectivity index (χ4n) is 3.27. The van der Waals surface area contributed by atoms with Gasteiger partial charge in [0.25, 0.3) is 0 Å². The number of hydrogen-bond donors (Lipinski definition) is 0. The van der Waals surface area contributed by atoms with Crippen LogP contribution in [-0.2, 0) is 14.2 Å². The van der Waals surface area contributed by atoms with E-state index >= 15 is 0 Å².